The first-order valence-electron chi connectivity index (χ1n) is 14.2. The van der Waals surface area contributed by atoms with Crippen LogP contribution in [0.1, 0.15) is 137 Å². The molecule has 0 unspecified atom stereocenters. The molecule has 0 N–H and O–H groups in total. The molecule has 5 nitrogen and oxygen atoms in total. The Kier molecular flexibility index (Phi) is 15.4. The van der Waals surface area contributed by atoms with Crippen molar-refractivity contribution in [1.29, 1.82) is 0 Å². The molecule has 0 spiro atoms. The first-order valence-corrected chi connectivity index (χ1v) is 14.2. The number of rotatable bonds is 16. The van der Waals surface area contributed by atoms with Crippen LogP contribution in [0.2, 0.25) is 0 Å². The predicted octanol–water partition coefficient (Wildman–Crippen LogP) is 8.05. The molecule has 0 radical (unpaired) electrons. The zero-order valence-corrected chi connectivity index (χ0v) is 22.2. The van der Waals surface area contributed by atoms with Crippen molar-refractivity contribution in [3.05, 3.63) is 35.4 Å². The van der Waals surface area contributed by atoms with Crippen molar-refractivity contribution in [1.82, 2.24) is 0 Å². The van der Waals surface area contributed by atoms with E-state index in [1.165, 1.54) is 77.0 Å². The predicted molar refractivity (Wildman–Crippen MR) is 141 cm³/mol. The molecule has 2 aliphatic heterocycles. The molecule has 0 saturated carbocycles. The van der Waals surface area contributed by atoms with E-state index in [1.54, 1.807) is 24.3 Å². The van der Waals surface area contributed by atoms with Crippen LogP contribution in [0.4, 0.5) is 0 Å². The van der Waals surface area contributed by atoms with Gasteiger partial charge in [-0.3, -0.25) is 0 Å². The minimum absolute atomic E-state index is 0.293. The van der Waals surface area contributed by atoms with Crippen LogP contribution in [-0.2, 0) is 14.2 Å². The second-order valence-corrected chi connectivity index (χ2v) is 9.89. The lowest BCUT2D eigenvalue weighted by atomic mass is 10.0. The monoisotopic (exact) mass is 488 g/mol. The van der Waals surface area contributed by atoms with Gasteiger partial charge in [-0.15, -0.1) is 0 Å². The number of hydrogen-bond donors (Lipinski definition) is 0. The van der Waals surface area contributed by atoms with Gasteiger partial charge >= 0.3 is 11.9 Å². The van der Waals surface area contributed by atoms with Crippen LogP contribution in [0.3, 0.4) is 0 Å². The summed E-state index contributed by atoms with van der Waals surface area (Å²) >= 11 is 0. The van der Waals surface area contributed by atoms with Gasteiger partial charge in [0.15, 0.2) is 0 Å². The highest BCUT2D eigenvalue weighted by Crippen LogP contribution is 2.33. The highest BCUT2D eigenvalue weighted by Gasteiger charge is 2.31. The summed E-state index contributed by atoms with van der Waals surface area (Å²) in [4.78, 5) is 24.7. The van der Waals surface area contributed by atoms with Gasteiger partial charge in [-0.1, -0.05) is 90.2 Å². The second-order valence-electron chi connectivity index (χ2n) is 9.89. The van der Waals surface area contributed by atoms with Gasteiger partial charge in [-0.25, -0.2) is 9.59 Å². The Hall–Kier alpha value is -1.88. The van der Waals surface area contributed by atoms with Gasteiger partial charge in [0.1, 0.15) is 0 Å². The molecule has 0 aliphatic carbocycles. The summed E-state index contributed by atoms with van der Waals surface area (Å²) in [5.41, 5.74) is 0.586. The van der Waals surface area contributed by atoms with E-state index in [-0.39, 0.29) is 0 Å². The van der Waals surface area contributed by atoms with Crippen LogP contribution >= 0.6 is 0 Å². The molecule has 1 aromatic carbocycles. The van der Waals surface area contributed by atoms with Crippen LogP contribution < -0.4 is 0 Å². The van der Waals surface area contributed by atoms with Gasteiger partial charge in [-0.05, 0) is 50.7 Å². The van der Waals surface area contributed by atoms with Crippen molar-refractivity contribution in [2.45, 2.75) is 129 Å². The van der Waals surface area contributed by atoms with E-state index in [0.29, 0.717) is 36.5 Å². The molecule has 3 rings (SSSR count). The van der Waals surface area contributed by atoms with E-state index in [2.05, 4.69) is 13.8 Å². The summed E-state index contributed by atoms with van der Waals surface area (Å²) < 4.78 is 16.2. The van der Waals surface area contributed by atoms with Crippen LogP contribution in [0, 0.1) is 0 Å². The molecule has 2 bridgehead atoms. The maximum Gasteiger partial charge on any atom is 0.339 e. The van der Waals surface area contributed by atoms with Crippen LogP contribution in [0.15, 0.2) is 24.3 Å². The van der Waals surface area contributed by atoms with E-state index in [1.807, 2.05) is 0 Å². The van der Waals surface area contributed by atoms with Crippen molar-refractivity contribution in [3.63, 3.8) is 0 Å². The standard InChI is InChI=1S/C24H38O4.C6H10O/c1-3-5-7-9-11-15-19-27-23(25)21-17-13-14-18-22(21)24(26)28-20-16-12-10-8-6-4-2;1-2-6-4-3-5(1)7-6/h13-14,17-18H,3-12,15-16,19-20H2,1-2H3;5-6H,1-4H2. The second kappa shape index (κ2) is 18.4. The lowest BCUT2D eigenvalue weighted by Gasteiger charge is -2.10. The fraction of sp³-hybridized carbons (Fsp3) is 0.733. The van der Waals surface area contributed by atoms with Crippen molar-refractivity contribution in [2.75, 3.05) is 13.2 Å². The number of benzene rings is 1. The maximum atomic E-state index is 12.4. The molecule has 2 aliphatic rings. The molecular formula is C30H48O5. The van der Waals surface area contributed by atoms with Crippen molar-refractivity contribution in [3.8, 4) is 0 Å². The van der Waals surface area contributed by atoms with Crippen molar-refractivity contribution >= 4 is 11.9 Å². The quantitative estimate of drug-likeness (QED) is 0.174. The SMILES string of the molecule is C1CC2CCC1O2.CCCCCCCCOC(=O)c1ccccc1C(=O)OCCCCCCCC. The molecule has 2 fully saturated rings. The highest BCUT2D eigenvalue weighted by atomic mass is 16.5. The fourth-order valence-electron chi connectivity index (χ4n) is 4.67. The normalized spacial score (nSPS) is 18.1. The van der Waals surface area contributed by atoms with E-state index < -0.39 is 11.9 Å². The highest BCUT2D eigenvalue weighted by molar-refractivity contribution is 6.03. The number of hydrogen-bond acceptors (Lipinski definition) is 5. The van der Waals surface area contributed by atoms with Crippen molar-refractivity contribution in [2.24, 2.45) is 0 Å². The first kappa shape index (κ1) is 29.4. The number of carbonyl (C=O) groups excluding carboxylic acids is 2. The first-order chi connectivity index (χ1) is 17.2. The van der Waals surface area contributed by atoms with E-state index in [9.17, 15) is 9.59 Å². The molecule has 0 amide bonds. The fourth-order valence-corrected chi connectivity index (χ4v) is 4.67. The van der Waals surface area contributed by atoms with Gasteiger partial charge in [0.25, 0.3) is 0 Å². The third-order valence-corrected chi connectivity index (χ3v) is 6.84. The Balaban J connectivity index is 0.000000514. The summed E-state index contributed by atoms with van der Waals surface area (Å²) in [5.74, 6) is -0.888. The molecular weight excluding hydrogens is 440 g/mol. The topological polar surface area (TPSA) is 61.8 Å². The molecule has 0 aromatic heterocycles. The minimum Gasteiger partial charge on any atom is -0.462 e. The summed E-state index contributed by atoms with van der Waals surface area (Å²) in [6.45, 7) is 5.17. The van der Waals surface area contributed by atoms with Crippen molar-refractivity contribution < 1.29 is 23.8 Å². The Morgan fingerprint density at radius 3 is 1.37 bits per heavy atom. The molecule has 5 heteroatoms. The van der Waals surface area contributed by atoms with Gasteiger partial charge in [0.2, 0.25) is 0 Å². The zero-order valence-electron chi connectivity index (χ0n) is 22.2. The average Bonchev–Trinajstić information content (AvgIpc) is 3.54. The van der Waals surface area contributed by atoms with Crippen LogP contribution in [0.25, 0.3) is 0 Å². The molecule has 1 aromatic rings. The van der Waals surface area contributed by atoms with Gasteiger partial charge < -0.3 is 14.2 Å². The zero-order chi connectivity index (χ0) is 25.1. The number of ether oxygens (including phenoxy) is 3. The van der Waals surface area contributed by atoms with E-state index in [4.69, 9.17) is 14.2 Å². The average molecular weight is 489 g/mol. The molecule has 198 valence electrons. The van der Waals surface area contributed by atoms with Crippen LogP contribution in [0.5, 0.6) is 0 Å². The minimum atomic E-state index is -0.444. The van der Waals surface area contributed by atoms with E-state index in [0.717, 1.165) is 25.7 Å². The van der Waals surface area contributed by atoms with Gasteiger partial charge in [-0.2, -0.15) is 0 Å². The molecule has 2 saturated heterocycles. The lowest BCUT2D eigenvalue weighted by molar-refractivity contribution is 0.0450. The molecule has 35 heavy (non-hydrogen) atoms. The van der Waals surface area contributed by atoms with Crippen LogP contribution in [-0.4, -0.2) is 37.4 Å². The summed E-state index contributed by atoms with van der Waals surface area (Å²) in [6, 6.07) is 6.74. The van der Waals surface area contributed by atoms with E-state index >= 15 is 0 Å². The largest absolute Gasteiger partial charge is 0.462 e. The summed E-state index contributed by atoms with van der Waals surface area (Å²) in [6.07, 6.45) is 20.3. The third kappa shape index (κ3) is 12.1. The third-order valence-electron chi connectivity index (χ3n) is 6.84. The Morgan fingerprint density at radius 1 is 0.657 bits per heavy atom. The number of fused-ring (bicyclic) bond motifs is 2. The summed E-state index contributed by atoms with van der Waals surface area (Å²) in [5, 5.41) is 0. The Bertz CT molecular complexity index is 649. The Labute approximate surface area is 213 Å². The summed E-state index contributed by atoms with van der Waals surface area (Å²) in [7, 11) is 0. The molecule has 0 atom stereocenters. The Morgan fingerprint density at radius 2 is 1.03 bits per heavy atom. The van der Waals surface area contributed by atoms with Gasteiger partial charge in [0.05, 0.1) is 36.5 Å². The van der Waals surface area contributed by atoms with Gasteiger partial charge in [0, 0.05) is 0 Å². The lowest BCUT2D eigenvalue weighted by Crippen LogP contribution is -2.15. The molecule has 2 heterocycles. The number of carbonyl (C=O) groups is 2. The number of unbranched alkanes of at least 4 members (excludes halogenated alkanes) is 10. The number of esters is 2. The maximum absolute atomic E-state index is 12.4. The smallest absolute Gasteiger partial charge is 0.339 e.